The molecule has 0 aromatic carbocycles. The van der Waals surface area contributed by atoms with Gasteiger partial charge in [-0.1, -0.05) is 0 Å². The van der Waals surface area contributed by atoms with Gasteiger partial charge in [0.1, 0.15) is 0 Å². The summed E-state index contributed by atoms with van der Waals surface area (Å²) in [5.74, 6) is 2.31. The van der Waals surface area contributed by atoms with Crippen LogP contribution in [0.25, 0.3) is 0 Å². The first kappa shape index (κ1) is 9.56. The second kappa shape index (κ2) is 4.48. The number of carbonyl (C=O) groups excluding carboxylic acids is 1. The van der Waals surface area contributed by atoms with Gasteiger partial charge in [0.2, 0.25) is 0 Å². The summed E-state index contributed by atoms with van der Waals surface area (Å²) in [5, 5.41) is 0. The fraction of sp³-hybridized carbons (Fsp3) is 0.625. The molecule has 0 saturated carbocycles. The van der Waals surface area contributed by atoms with Crippen molar-refractivity contribution in [2.45, 2.75) is 13.0 Å². The minimum atomic E-state index is -0.136. The predicted molar refractivity (Wildman–Crippen MR) is 48.7 cm³/mol. The summed E-state index contributed by atoms with van der Waals surface area (Å²) in [7, 11) is 0. The van der Waals surface area contributed by atoms with Gasteiger partial charge < -0.3 is 9.64 Å². The second-order valence-electron chi connectivity index (χ2n) is 2.64. The Kier molecular flexibility index (Phi) is 3.57. The molecule has 0 aromatic heterocycles. The Hall–Kier alpha value is -0.530. The van der Waals surface area contributed by atoms with Crippen LogP contribution in [0.15, 0.2) is 0 Å². The third kappa shape index (κ3) is 2.23. The van der Waals surface area contributed by atoms with Crippen LogP contribution < -0.4 is 0 Å². The number of nitrogens with zero attached hydrogens (tertiary/aromatic N) is 1. The van der Waals surface area contributed by atoms with Crippen LogP contribution in [0.4, 0.5) is 0 Å². The van der Waals surface area contributed by atoms with Gasteiger partial charge in [0.15, 0.2) is 0 Å². The van der Waals surface area contributed by atoms with E-state index < -0.39 is 0 Å². The van der Waals surface area contributed by atoms with E-state index in [-0.39, 0.29) is 11.9 Å². The van der Waals surface area contributed by atoms with Crippen LogP contribution in [0, 0.1) is 10.8 Å². The van der Waals surface area contributed by atoms with E-state index in [0.29, 0.717) is 19.8 Å². The molecule has 0 aromatic rings. The molecule has 0 spiro atoms. The van der Waals surface area contributed by atoms with Crippen LogP contribution >= 0.6 is 15.9 Å². The Morgan fingerprint density at radius 3 is 3.08 bits per heavy atom. The maximum atomic E-state index is 11.3. The molecular weight excluding hydrogens is 222 g/mol. The molecule has 1 heterocycles. The zero-order chi connectivity index (χ0) is 8.97. The monoisotopic (exact) mass is 231 g/mol. The fourth-order valence-corrected chi connectivity index (χ4v) is 1.31. The van der Waals surface area contributed by atoms with Gasteiger partial charge in [-0.05, 0) is 11.8 Å². The van der Waals surface area contributed by atoms with Crippen LogP contribution in [0.3, 0.4) is 0 Å². The van der Waals surface area contributed by atoms with Crippen molar-refractivity contribution in [2.24, 2.45) is 0 Å². The van der Waals surface area contributed by atoms with Crippen molar-refractivity contribution < 1.29 is 9.53 Å². The molecule has 12 heavy (non-hydrogen) atoms. The number of rotatable bonds is 0. The van der Waals surface area contributed by atoms with Crippen molar-refractivity contribution in [2.75, 3.05) is 19.8 Å². The largest absolute Gasteiger partial charge is 0.377 e. The Bertz CT molecular complexity index is 231. The highest BCUT2D eigenvalue weighted by Gasteiger charge is 2.21. The highest BCUT2D eigenvalue weighted by Crippen LogP contribution is 2.05. The van der Waals surface area contributed by atoms with Crippen LogP contribution in [-0.4, -0.2) is 36.6 Å². The standard InChI is InChI=1S/C8H10BrNO2/c1-7-6-12-5-4-10(7)8(11)2-3-9/h7H,4-6H2,1H3/t7-/m1/s1. The SMILES string of the molecule is C[C@@H]1COCCN1C(=O)C#CBr. The number of amides is 1. The topological polar surface area (TPSA) is 29.5 Å². The number of hydrogen-bond acceptors (Lipinski definition) is 2. The third-order valence-corrected chi connectivity index (χ3v) is 1.98. The predicted octanol–water partition coefficient (Wildman–Crippen LogP) is 0.590. The fourth-order valence-electron chi connectivity index (χ4n) is 1.14. The smallest absolute Gasteiger partial charge is 0.299 e. The molecular formula is C8H10BrNO2. The maximum Gasteiger partial charge on any atom is 0.299 e. The quantitative estimate of drug-likeness (QED) is 0.572. The van der Waals surface area contributed by atoms with E-state index in [4.69, 9.17) is 4.74 Å². The summed E-state index contributed by atoms with van der Waals surface area (Å²) >= 11 is 2.90. The zero-order valence-corrected chi connectivity index (χ0v) is 8.43. The number of morpholine rings is 1. The molecule has 3 nitrogen and oxygen atoms in total. The molecule has 1 rings (SSSR count). The number of halogens is 1. The summed E-state index contributed by atoms with van der Waals surface area (Å²) < 4.78 is 5.19. The summed E-state index contributed by atoms with van der Waals surface area (Å²) in [4.78, 5) is 15.4. The van der Waals surface area contributed by atoms with Gasteiger partial charge in [-0.25, -0.2) is 0 Å². The van der Waals surface area contributed by atoms with Crippen molar-refractivity contribution in [1.29, 1.82) is 0 Å². The molecule has 4 heteroatoms. The maximum absolute atomic E-state index is 11.3. The first-order chi connectivity index (χ1) is 5.75. The normalized spacial score (nSPS) is 22.8. The van der Waals surface area contributed by atoms with Crippen molar-refractivity contribution in [1.82, 2.24) is 4.90 Å². The molecule has 0 bridgehead atoms. The lowest BCUT2D eigenvalue weighted by Crippen LogP contribution is -2.46. The van der Waals surface area contributed by atoms with E-state index in [0.717, 1.165) is 0 Å². The molecule has 1 amide bonds. The van der Waals surface area contributed by atoms with Crippen LogP contribution in [0.5, 0.6) is 0 Å². The van der Waals surface area contributed by atoms with Crippen molar-refractivity contribution in [3.8, 4) is 10.8 Å². The van der Waals surface area contributed by atoms with Gasteiger partial charge in [-0.15, -0.1) is 0 Å². The van der Waals surface area contributed by atoms with E-state index in [1.54, 1.807) is 4.90 Å². The van der Waals surface area contributed by atoms with Crippen molar-refractivity contribution >= 4 is 21.8 Å². The number of ether oxygens (including phenoxy) is 1. The van der Waals surface area contributed by atoms with E-state index >= 15 is 0 Å². The Balaban J connectivity index is 2.57. The summed E-state index contributed by atoms with van der Waals surface area (Å²) in [6.07, 6.45) is 0. The Labute approximate surface area is 80.2 Å². The Morgan fingerprint density at radius 2 is 2.50 bits per heavy atom. The van der Waals surface area contributed by atoms with Gasteiger partial charge in [-0.2, -0.15) is 0 Å². The Morgan fingerprint density at radius 1 is 1.75 bits per heavy atom. The van der Waals surface area contributed by atoms with E-state index in [9.17, 15) is 4.79 Å². The summed E-state index contributed by atoms with van der Waals surface area (Å²) in [5.41, 5.74) is 0. The zero-order valence-electron chi connectivity index (χ0n) is 6.84. The molecule has 1 fully saturated rings. The van der Waals surface area contributed by atoms with Crippen LogP contribution in [0.2, 0.25) is 0 Å². The molecule has 0 N–H and O–H groups in total. The minimum absolute atomic E-state index is 0.136. The summed E-state index contributed by atoms with van der Waals surface area (Å²) in [6, 6.07) is 0.139. The molecule has 0 aliphatic carbocycles. The van der Waals surface area contributed by atoms with Crippen molar-refractivity contribution in [3.63, 3.8) is 0 Å². The highest BCUT2D eigenvalue weighted by molar-refractivity contribution is 9.12. The lowest BCUT2D eigenvalue weighted by Gasteiger charge is -2.31. The lowest BCUT2D eigenvalue weighted by atomic mass is 10.2. The van der Waals surface area contributed by atoms with Crippen LogP contribution in [0.1, 0.15) is 6.92 Å². The highest BCUT2D eigenvalue weighted by atomic mass is 79.9. The molecule has 1 atom stereocenters. The average molecular weight is 232 g/mol. The van der Waals surface area contributed by atoms with Crippen molar-refractivity contribution in [3.05, 3.63) is 0 Å². The molecule has 0 unspecified atom stereocenters. The first-order valence-electron chi connectivity index (χ1n) is 3.75. The van der Waals surface area contributed by atoms with E-state index in [1.165, 1.54) is 0 Å². The molecule has 0 radical (unpaired) electrons. The van der Waals surface area contributed by atoms with Gasteiger partial charge >= 0.3 is 0 Å². The molecule has 1 aliphatic heterocycles. The van der Waals surface area contributed by atoms with Gasteiger partial charge in [0.05, 0.1) is 19.3 Å². The first-order valence-corrected chi connectivity index (χ1v) is 4.55. The van der Waals surface area contributed by atoms with Crippen LogP contribution in [-0.2, 0) is 9.53 Å². The van der Waals surface area contributed by atoms with Gasteiger partial charge in [0, 0.05) is 28.4 Å². The summed E-state index contributed by atoms with van der Waals surface area (Å²) in [6.45, 7) is 3.81. The lowest BCUT2D eigenvalue weighted by molar-refractivity contribution is -0.132. The van der Waals surface area contributed by atoms with E-state index in [1.807, 2.05) is 6.92 Å². The average Bonchev–Trinajstić information content (AvgIpc) is 2.05. The number of carbonyl (C=O) groups is 1. The molecule has 1 aliphatic rings. The number of hydrogen-bond donors (Lipinski definition) is 0. The van der Waals surface area contributed by atoms with Gasteiger partial charge in [0.25, 0.3) is 5.91 Å². The third-order valence-electron chi connectivity index (χ3n) is 1.78. The van der Waals surface area contributed by atoms with Gasteiger partial charge in [-0.3, -0.25) is 4.79 Å². The molecule has 1 saturated heterocycles. The molecule has 66 valence electrons. The minimum Gasteiger partial charge on any atom is -0.377 e. The van der Waals surface area contributed by atoms with E-state index in [2.05, 4.69) is 26.7 Å². The second-order valence-corrected chi connectivity index (χ2v) is 3.04.